The molecule has 39 heavy (non-hydrogen) atoms. The van der Waals surface area contributed by atoms with Crippen LogP contribution >= 0.6 is 0 Å². The fraction of sp³-hybridized carbons (Fsp3) is 0.160. The van der Waals surface area contributed by atoms with Gasteiger partial charge in [-0.25, -0.2) is 14.5 Å². The van der Waals surface area contributed by atoms with Crippen molar-refractivity contribution >= 4 is 34.4 Å². The summed E-state index contributed by atoms with van der Waals surface area (Å²) >= 11 is 0. The first-order valence-electron chi connectivity index (χ1n) is 11.5. The fourth-order valence-corrected chi connectivity index (χ4v) is 3.94. The van der Waals surface area contributed by atoms with Crippen molar-refractivity contribution in [2.45, 2.75) is 12.0 Å². The van der Waals surface area contributed by atoms with Gasteiger partial charge in [-0.15, -0.1) is 0 Å². The van der Waals surface area contributed by atoms with Crippen molar-refractivity contribution in [1.82, 2.24) is 25.4 Å². The lowest BCUT2D eigenvalue weighted by molar-refractivity contribution is -0.385. The van der Waals surface area contributed by atoms with E-state index in [1.807, 2.05) is 0 Å². The number of nitrogens with zero attached hydrogens (tertiary/aromatic N) is 4. The van der Waals surface area contributed by atoms with E-state index in [0.29, 0.717) is 17.3 Å². The lowest BCUT2D eigenvalue weighted by atomic mass is 9.95. The Morgan fingerprint density at radius 3 is 2.28 bits per heavy atom. The predicted molar refractivity (Wildman–Crippen MR) is 134 cm³/mol. The highest BCUT2D eigenvalue weighted by molar-refractivity contribution is 6.21. The number of nitro groups is 1. The monoisotopic (exact) mass is 532 g/mol. The number of urea groups is 1. The summed E-state index contributed by atoms with van der Waals surface area (Å²) in [6.45, 7) is 0.0372. The number of methoxy groups -OCH3 is 1. The van der Waals surface area contributed by atoms with Gasteiger partial charge in [-0.1, -0.05) is 0 Å². The molecule has 14 heteroatoms. The summed E-state index contributed by atoms with van der Waals surface area (Å²) in [4.78, 5) is 51.1. The number of rotatable bonds is 9. The first kappa shape index (κ1) is 25.3. The molecular weight excluding hydrogens is 512 g/mol. The summed E-state index contributed by atoms with van der Waals surface area (Å²) in [6, 6.07) is 13.5. The van der Waals surface area contributed by atoms with E-state index in [2.05, 4.69) is 20.7 Å². The standard InChI is InChI=1S/C25H20N6O8/c1-37-11-10-25(22(32)28-24(34)29-23(25)33)39-18-5-3-17(4-6-18)38-19-7-8-20-15(12-19)13-27-30(20)21-9-2-16(14-26-21)31(35)36/h2-9,12-14H,10-11H2,1H3,(H2,28,29,32,33,34). The minimum Gasteiger partial charge on any atom is -0.467 e. The minimum absolute atomic E-state index is 0.0372. The maximum absolute atomic E-state index is 12.6. The number of carbonyl (C=O) groups excluding carboxylic acids is 3. The zero-order valence-electron chi connectivity index (χ0n) is 20.3. The molecular formula is C25H20N6O8. The Bertz CT molecular complexity index is 1560. The Hall–Kier alpha value is -5.37. The molecule has 0 bridgehead atoms. The smallest absolute Gasteiger partial charge is 0.328 e. The largest absolute Gasteiger partial charge is 0.467 e. The van der Waals surface area contributed by atoms with Crippen molar-refractivity contribution in [3.8, 4) is 23.1 Å². The Morgan fingerprint density at radius 2 is 1.64 bits per heavy atom. The SMILES string of the molecule is COCCC1(Oc2ccc(Oc3ccc4c(cnn4-c4ccc([N+](=O)[O-])cn4)c3)cc2)C(=O)NC(=O)NC1=O. The molecule has 2 aromatic carbocycles. The Morgan fingerprint density at radius 1 is 0.949 bits per heavy atom. The topological polar surface area (TPSA) is 177 Å². The van der Waals surface area contributed by atoms with Gasteiger partial charge in [0.05, 0.1) is 23.2 Å². The zero-order chi connectivity index (χ0) is 27.6. The van der Waals surface area contributed by atoms with E-state index in [1.165, 1.54) is 37.6 Å². The molecule has 0 unspecified atom stereocenters. The third-order valence-corrected chi connectivity index (χ3v) is 5.90. The van der Waals surface area contributed by atoms with Crippen molar-refractivity contribution in [2.24, 2.45) is 0 Å². The second kappa shape index (κ2) is 10.2. The van der Waals surface area contributed by atoms with Gasteiger partial charge in [0.1, 0.15) is 23.4 Å². The summed E-state index contributed by atoms with van der Waals surface area (Å²) in [7, 11) is 1.42. The summed E-state index contributed by atoms with van der Waals surface area (Å²) < 4.78 is 18.3. The van der Waals surface area contributed by atoms with Gasteiger partial charge < -0.3 is 14.2 Å². The molecule has 0 atom stereocenters. The van der Waals surface area contributed by atoms with Crippen molar-refractivity contribution in [3.05, 3.63) is 77.1 Å². The van der Waals surface area contributed by atoms with Gasteiger partial charge in [0.25, 0.3) is 23.1 Å². The molecule has 2 aromatic heterocycles. The molecule has 198 valence electrons. The van der Waals surface area contributed by atoms with Crippen LogP contribution in [0.15, 0.2) is 67.0 Å². The number of pyridine rings is 1. The number of fused-ring (bicyclic) bond motifs is 1. The molecule has 1 aliphatic rings. The van der Waals surface area contributed by atoms with Gasteiger partial charge in [0.2, 0.25) is 0 Å². The third kappa shape index (κ3) is 4.95. The van der Waals surface area contributed by atoms with Crippen molar-refractivity contribution in [3.63, 3.8) is 0 Å². The summed E-state index contributed by atoms with van der Waals surface area (Å²) in [6.07, 6.45) is 2.67. The average Bonchev–Trinajstić information content (AvgIpc) is 3.34. The minimum atomic E-state index is -1.98. The molecule has 2 N–H and O–H groups in total. The number of ether oxygens (including phenoxy) is 3. The molecule has 1 aliphatic heterocycles. The van der Waals surface area contributed by atoms with Crippen molar-refractivity contribution in [1.29, 1.82) is 0 Å². The van der Waals surface area contributed by atoms with Crippen LogP contribution < -0.4 is 20.1 Å². The number of carbonyl (C=O) groups is 3. The van der Waals surface area contributed by atoms with Crippen LogP contribution in [0.25, 0.3) is 16.7 Å². The second-order valence-corrected chi connectivity index (χ2v) is 8.39. The highest BCUT2D eigenvalue weighted by Crippen LogP contribution is 2.30. The molecule has 14 nitrogen and oxygen atoms in total. The van der Waals surface area contributed by atoms with Gasteiger partial charge in [-0.05, 0) is 48.5 Å². The lowest BCUT2D eigenvalue weighted by Crippen LogP contribution is -2.69. The van der Waals surface area contributed by atoms with E-state index in [4.69, 9.17) is 14.2 Å². The van der Waals surface area contributed by atoms with E-state index in [0.717, 1.165) is 10.9 Å². The molecule has 3 heterocycles. The molecule has 0 aliphatic carbocycles. The zero-order valence-corrected chi connectivity index (χ0v) is 20.3. The van der Waals surface area contributed by atoms with Gasteiger partial charge >= 0.3 is 6.03 Å². The molecule has 1 saturated heterocycles. The van der Waals surface area contributed by atoms with Crippen LogP contribution in [-0.4, -0.2) is 56.9 Å². The van der Waals surface area contributed by atoms with Gasteiger partial charge in [-0.2, -0.15) is 5.10 Å². The lowest BCUT2D eigenvalue weighted by Gasteiger charge is -2.34. The first-order chi connectivity index (χ1) is 18.8. The van der Waals surface area contributed by atoms with Crippen LogP contribution in [-0.2, 0) is 14.3 Å². The number of hydrogen-bond acceptors (Lipinski definition) is 10. The Labute approximate surface area is 219 Å². The van der Waals surface area contributed by atoms with Crippen LogP contribution in [0.4, 0.5) is 10.5 Å². The van der Waals surface area contributed by atoms with E-state index in [1.54, 1.807) is 41.2 Å². The van der Waals surface area contributed by atoms with Crippen LogP contribution in [0.2, 0.25) is 0 Å². The van der Waals surface area contributed by atoms with E-state index >= 15 is 0 Å². The normalized spacial score (nSPS) is 14.5. The summed E-state index contributed by atoms with van der Waals surface area (Å²) in [5.74, 6) is -0.186. The fourth-order valence-electron chi connectivity index (χ4n) is 3.94. The van der Waals surface area contributed by atoms with Crippen LogP contribution in [0, 0.1) is 10.1 Å². The maximum atomic E-state index is 12.6. The molecule has 4 aromatic rings. The Kier molecular flexibility index (Phi) is 6.60. The van der Waals surface area contributed by atoms with Gasteiger partial charge in [0.15, 0.2) is 5.82 Å². The van der Waals surface area contributed by atoms with E-state index in [-0.39, 0.29) is 24.5 Å². The predicted octanol–water partition coefficient (Wildman–Crippen LogP) is 2.64. The van der Waals surface area contributed by atoms with Crippen LogP contribution in [0.5, 0.6) is 17.2 Å². The number of barbiturate groups is 1. The molecule has 0 spiro atoms. The van der Waals surface area contributed by atoms with Gasteiger partial charge in [0, 0.05) is 25.0 Å². The highest BCUT2D eigenvalue weighted by atomic mass is 16.6. The first-order valence-corrected chi connectivity index (χ1v) is 11.5. The molecule has 4 amide bonds. The van der Waals surface area contributed by atoms with Gasteiger partial charge in [-0.3, -0.25) is 30.3 Å². The number of nitrogens with one attached hydrogen (secondary N) is 2. The number of imide groups is 2. The van der Waals surface area contributed by atoms with Crippen molar-refractivity contribution in [2.75, 3.05) is 13.7 Å². The van der Waals surface area contributed by atoms with Crippen LogP contribution in [0.1, 0.15) is 6.42 Å². The quantitative estimate of drug-likeness (QED) is 0.185. The number of amides is 4. The van der Waals surface area contributed by atoms with E-state index in [9.17, 15) is 24.5 Å². The van der Waals surface area contributed by atoms with Crippen LogP contribution in [0.3, 0.4) is 0 Å². The highest BCUT2D eigenvalue weighted by Gasteiger charge is 2.52. The number of benzene rings is 2. The van der Waals surface area contributed by atoms with E-state index < -0.39 is 28.4 Å². The second-order valence-electron chi connectivity index (χ2n) is 8.39. The molecule has 1 fully saturated rings. The number of aromatic nitrogens is 3. The van der Waals surface area contributed by atoms with Crippen molar-refractivity contribution < 1.29 is 33.5 Å². The Balaban J connectivity index is 1.32. The maximum Gasteiger partial charge on any atom is 0.328 e. The summed E-state index contributed by atoms with van der Waals surface area (Å²) in [5, 5.41) is 20.0. The summed E-state index contributed by atoms with van der Waals surface area (Å²) in [5.41, 5.74) is -1.38. The molecule has 0 saturated carbocycles. The molecule has 0 radical (unpaired) electrons. The molecule has 5 rings (SSSR count). The number of hydrogen-bond donors (Lipinski definition) is 2. The average molecular weight is 532 g/mol. The third-order valence-electron chi connectivity index (χ3n) is 5.90.